The van der Waals surface area contributed by atoms with Gasteiger partial charge in [-0.2, -0.15) is 0 Å². The smallest absolute Gasteiger partial charge is 0.339 e. The van der Waals surface area contributed by atoms with Crippen molar-refractivity contribution >= 4 is 52.4 Å². The highest BCUT2D eigenvalue weighted by molar-refractivity contribution is 6.35. The largest absolute Gasteiger partial charge is 0.465 e. The molecular formula is C18H16Cl2N2O4. The second kappa shape index (κ2) is 8.69. The first-order chi connectivity index (χ1) is 12.3. The normalized spacial score (nSPS) is 10.2. The minimum Gasteiger partial charge on any atom is -0.465 e. The van der Waals surface area contributed by atoms with Gasteiger partial charge < -0.3 is 15.0 Å². The fourth-order valence-electron chi connectivity index (χ4n) is 2.28. The molecule has 2 aromatic rings. The van der Waals surface area contributed by atoms with Crippen LogP contribution in [0, 0.1) is 0 Å². The van der Waals surface area contributed by atoms with Crippen molar-refractivity contribution in [1.29, 1.82) is 0 Å². The quantitative estimate of drug-likeness (QED) is 0.782. The number of para-hydroxylation sites is 1. The number of carbonyl (C=O) groups excluding carboxylic acids is 3. The molecular weight excluding hydrogens is 379 g/mol. The van der Waals surface area contributed by atoms with Crippen LogP contribution in [0.5, 0.6) is 0 Å². The molecule has 0 aromatic heterocycles. The number of rotatable bonds is 5. The number of halogens is 2. The van der Waals surface area contributed by atoms with Crippen molar-refractivity contribution in [3.05, 3.63) is 58.1 Å². The Balaban J connectivity index is 2.27. The van der Waals surface area contributed by atoms with Crippen LogP contribution in [-0.4, -0.2) is 31.4 Å². The molecule has 8 heteroatoms. The lowest BCUT2D eigenvalue weighted by molar-refractivity contribution is -0.120. The monoisotopic (exact) mass is 394 g/mol. The van der Waals surface area contributed by atoms with E-state index in [9.17, 15) is 14.4 Å². The van der Waals surface area contributed by atoms with Gasteiger partial charge in [0, 0.05) is 11.9 Å². The Bertz CT molecular complexity index is 855. The maximum Gasteiger partial charge on any atom is 0.339 e. The number of methoxy groups -OCH3 is 1. The maximum absolute atomic E-state index is 12.4. The number of hydrogen-bond acceptors (Lipinski definition) is 4. The summed E-state index contributed by atoms with van der Waals surface area (Å²) in [5.41, 5.74) is 0.784. The van der Waals surface area contributed by atoms with Crippen LogP contribution in [-0.2, 0) is 14.3 Å². The lowest BCUT2D eigenvalue weighted by Gasteiger charge is -2.23. The van der Waals surface area contributed by atoms with Gasteiger partial charge in [-0.3, -0.25) is 9.59 Å². The summed E-state index contributed by atoms with van der Waals surface area (Å²) in [4.78, 5) is 37.6. The van der Waals surface area contributed by atoms with Crippen molar-refractivity contribution in [3.63, 3.8) is 0 Å². The highest BCUT2D eigenvalue weighted by Crippen LogP contribution is 2.26. The SMILES string of the molecule is COC(=O)c1ccccc1N(CC(=O)Nc1cc(Cl)ccc1Cl)C(C)=O. The van der Waals surface area contributed by atoms with Gasteiger partial charge >= 0.3 is 5.97 Å². The zero-order valence-electron chi connectivity index (χ0n) is 14.1. The van der Waals surface area contributed by atoms with Crippen LogP contribution >= 0.6 is 23.2 Å². The number of benzene rings is 2. The highest BCUT2D eigenvalue weighted by atomic mass is 35.5. The molecule has 2 aromatic carbocycles. The summed E-state index contributed by atoms with van der Waals surface area (Å²) >= 11 is 11.9. The van der Waals surface area contributed by atoms with Crippen LogP contribution in [0.3, 0.4) is 0 Å². The van der Waals surface area contributed by atoms with E-state index in [0.29, 0.717) is 15.7 Å². The Morgan fingerprint density at radius 2 is 1.81 bits per heavy atom. The zero-order valence-corrected chi connectivity index (χ0v) is 15.6. The first-order valence-corrected chi connectivity index (χ1v) is 8.29. The van der Waals surface area contributed by atoms with Crippen LogP contribution in [0.1, 0.15) is 17.3 Å². The Labute approximate surface area is 160 Å². The van der Waals surface area contributed by atoms with E-state index in [0.717, 1.165) is 0 Å². The molecule has 0 aliphatic heterocycles. The van der Waals surface area contributed by atoms with Gasteiger partial charge in [0.25, 0.3) is 0 Å². The number of esters is 1. The van der Waals surface area contributed by atoms with E-state index in [1.807, 2.05) is 0 Å². The molecule has 0 unspecified atom stereocenters. The molecule has 0 aliphatic carbocycles. The van der Waals surface area contributed by atoms with E-state index in [-0.39, 0.29) is 17.8 Å². The number of anilines is 2. The zero-order chi connectivity index (χ0) is 19.3. The lowest BCUT2D eigenvalue weighted by Crippen LogP contribution is -2.37. The van der Waals surface area contributed by atoms with Gasteiger partial charge in [-0.1, -0.05) is 35.3 Å². The molecule has 136 valence electrons. The van der Waals surface area contributed by atoms with Crippen LogP contribution in [0.4, 0.5) is 11.4 Å². The van der Waals surface area contributed by atoms with Crippen molar-refractivity contribution in [1.82, 2.24) is 0 Å². The number of hydrogen-bond donors (Lipinski definition) is 1. The van der Waals surface area contributed by atoms with Crippen LogP contribution in [0.2, 0.25) is 10.0 Å². The highest BCUT2D eigenvalue weighted by Gasteiger charge is 2.22. The lowest BCUT2D eigenvalue weighted by atomic mass is 10.1. The number of ether oxygens (including phenoxy) is 1. The second-order valence-electron chi connectivity index (χ2n) is 5.29. The third-order valence-corrected chi connectivity index (χ3v) is 4.05. The summed E-state index contributed by atoms with van der Waals surface area (Å²) in [6, 6.07) is 11.0. The summed E-state index contributed by atoms with van der Waals surface area (Å²) in [6.45, 7) is 0.986. The Hall–Kier alpha value is -2.57. The molecule has 0 aliphatic rings. The summed E-state index contributed by atoms with van der Waals surface area (Å²) in [5, 5.41) is 3.32. The van der Waals surface area contributed by atoms with E-state index in [1.165, 1.54) is 31.1 Å². The Morgan fingerprint density at radius 1 is 1.12 bits per heavy atom. The van der Waals surface area contributed by atoms with Crippen molar-refractivity contribution in [3.8, 4) is 0 Å². The molecule has 2 amide bonds. The second-order valence-corrected chi connectivity index (χ2v) is 6.13. The predicted octanol–water partition coefficient (Wildman–Crippen LogP) is 3.77. The molecule has 0 saturated heterocycles. The number of amides is 2. The minimum atomic E-state index is -0.606. The molecule has 6 nitrogen and oxygen atoms in total. The molecule has 0 atom stereocenters. The van der Waals surface area contributed by atoms with Crippen LogP contribution < -0.4 is 10.2 Å². The topological polar surface area (TPSA) is 75.7 Å². The molecule has 2 rings (SSSR count). The van der Waals surface area contributed by atoms with E-state index in [1.54, 1.807) is 30.3 Å². The van der Waals surface area contributed by atoms with E-state index in [4.69, 9.17) is 27.9 Å². The maximum atomic E-state index is 12.4. The average Bonchev–Trinajstić information content (AvgIpc) is 2.62. The standard InChI is InChI=1S/C18H16Cl2N2O4/c1-11(23)22(16-6-4-3-5-13(16)18(25)26-2)10-17(24)21-15-9-12(19)7-8-14(15)20/h3-9H,10H2,1-2H3,(H,21,24). The predicted molar refractivity (Wildman–Crippen MR) is 101 cm³/mol. The average molecular weight is 395 g/mol. The van der Waals surface area contributed by atoms with Gasteiger partial charge in [-0.05, 0) is 30.3 Å². The number of nitrogens with zero attached hydrogens (tertiary/aromatic N) is 1. The van der Waals surface area contributed by atoms with Crippen molar-refractivity contribution in [2.24, 2.45) is 0 Å². The fourth-order valence-corrected chi connectivity index (χ4v) is 2.62. The molecule has 0 bridgehead atoms. The number of carbonyl (C=O) groups is 3. The molecule has 1 N–H and O–H groups in total. The van der Waals surface area contributed by atoms with E-state index in [2.05, 4.69) is 5.32 Å². The molecule has 0 saturated carbocycles. The van der Waals surface area contributed by atoms with E-state index < -0.39 is 17.8 Å². The van der Waals surface area contributed by atoms with Gasteiger partial charge in [0.05, 0.1) is 29.1 Å². The fraction of sp³-hybridized carbons (Fsp3) is 0.167. The summed E-state index contributed by atoms with van der Waals surface area (Å²) in [6.07, 6.45) is 0. The van der Waals surface area contributed by atoms with Crippen molar-refractivity contribution < 1.29 is 19.1 Å². The van der Waals surface area contributed by atoms with Crippen LogP contribution in [0.25, 0.3) is 0 Å². The van der Waals surface area contributed by atoms with Gasteiger partial charge in [0.2, 0.25) is 11.8 Å². The van der Waals surface area contributed by atoms with Gasteiger partial charge in [0.15, 0.2) is 0 Å². The molecule has 0 fully saturated rings. The third-order valence-electron chi connectivity index (χ3n) is 3.48. The first kappa shape index (κ1) is 19.8. The summed E-state index contributed by atoms with van der Waals surface area (Å²) < 4.78 is 4.73. The van der Waals surface area contributed by atoms with Gasteiger partial charge in [-0.25, -0.2) is 4.79 Å². The van der Waals surface area contributed by atoms with Gasteiger partial charge in [-0.15, -0.1) is 0 Å². The molecule has 0 radical (unpaired) electrons. The molecule has 0 spiro atoms. The third kappa shape index (κ3) is 4.74. The van der Waals surface area contributed by atoms with E-state index >= 15 is 0 Å². The Kier molecular flexibility index (Phi) is 6.60. The summed E-state index contributed by atoms with van der Waals surface area (Å²) in [7, 11) is 1.24. The first-order valence-electron chi connectivity index (χ1n) is 7.54. The van der Waals surface area contributed by atoms with Crippen LogP contribution in [0.15, 0.2) is 42.5 Å². The van der Waals surface area contributed by atoms with Crippen molar-refractivity contribution in [2.45, 2.75) is 6.92 Å². The molecule has 0 heterocycles. The minimum absolute atomic E-state index is 0.179. The molecule has 26 heavy (non-hydrogen) atoms. The van der Waals surface area contributed by atoms with Crippen molar-refractivity contribution in [2.75, 3.05) is 23.9 Å². The number of nitrogens with one attached hydrogen (secondary N) is 1. The Morgan fingerprint density at radius 3 is 2.46 bits per heavy atom. The summed E-state index contributed by atoms with van der Waals surface area (Å²) in [5.74, 6) is -1.51. The van der Waals surface area contributed by atoms with Gasteiger partial charge in [0.1, 0.15) is 6.54 Å².